The summed E-state index contributed by atoms with van der Waals surface area (Å²) in [6, 6.07) is 7.41. The Labute approximate surface area is 114 Å². The van der Waals surface area contributed by atoms with Crippen LogP contribution >= 0.6 is 11.3 Å². The molecule has 0 aliphatic carbocycles. The van der Waals surface area contributed by atoms with E-state index in [4.69, 9.17) is 9.47 Å². The molecule has 0 bridgehead atoms. The van der Waals surface area contributed by atoms with Gasteiger partial charge in [-0.1, -0.05) is 12.1 Å². The Morgan fingerprint density at radius 1 is 1.26 bits per heavy atom. The molecular weight excluding hydrogens is 264 g/mol. The maximum atomic E-state index is 11.8. The molecule has 2 aromatic rings. The zero-order valence-corrected chi connectivity index (χ0v) is 10.9. The average Bonchev–Trinajstić information content (AvgIpc) is 3.13. The number of thiazole rings is 1. The third-order valence-corrected chi connectivity index (χ3v) is 3.31. The van der Waals surface area contributed by atoms with Gasteiger partial charge in [-0.15, -0.1) is 11.3 Å². The van der Waals surface area contributed by atoms with Crippen molar-refractivity contribution in [3.8, 4) is 0 Å². The summed E-state index contributed by atoms with van der Waals surface area (Å²) in [5.74, 6) is -0.206. The summed E-state index contributed by atoms with van der Waals surface area (Å²) in [4.78, 5) is 15.8. The molecule has 5 nitrogen and oxygen atoms in total. The van der Waals surface area contributed by atoms with Gasteiger partial charge in [0.15, 0.2) is 6.29 Å². The van der Waals surface area contributed by atoms with E-state index in [1.165, 1.54) is 11.3 Å². The van der Waals surface area contributed by atoms with Gasteiger partial charge in [0.1, 0.15) is 5.69 Å². The molecule has 1 saturated heterocycles. The van der Waals surface area contributed by atoms with Gasteiger partial charge in [-0.25, -0.2) is 4.98 Å². The quantitative estimate of drug-likeness (QED) is 0.935. The number of carbonyl (C=O) groups excluding carboxylic acids is 1. The van der Waals surface area contributed by atoms with Gasteiger partial charge in [0.25, 0.3) is 5.91 Å². The summed E-state index contributed by atoms with van der Waals surface area (Å²) in [5, 5.41) is 4.50. The van der Waals surface area contributed by atoms with Crippen LogP contribution in [0.5, 0.6) is 0 Å². The molecule has 0 radical (unpaired) electrons. The second kappa shape index (κ2) is 5.48. The number of rotatable bonds is 3. The van der Waals surface area contributed by atoms with Crippen molar-refractivity contribution in [3.63, 3.8) is 0 Å². The van der Waals surface area contributed by atoms with Crippen molar-refractivity contribution >= 4 is 22.9 Å². The Morgan fingerprint density at radius 3 is 2.63 bits per heavy atom. The first kappa shape index (κ1) is 12.3. The van der Waals surface area contributed by atoms with Crippen molar-refractivity contribution in [1.29, 1.82) is 0 Å². The molecule has 19 heavy (non-hydrogen) atoms. The number of amides is 1. The van der Waals surface area contributed by atoms with E-state index in [1.54, 1.807) is 10.9 Å². The first-order valence-corrected chi connectivity index (χ1v) is 6.80. The lowest BCUT2D eigenvalue weighted by Gasteiger charge is -2.10. The molecule has 98 valence electrons. The van der Waals surface area contributed by atoms with Gasteiger partial charge >= 0.3 is 0 Å². The summed E-state index contributed by atoms with van der Waals surface area (Å²) >= 11 is 1.39. The first-order valence-electron chi connectivity index (χ1n) is 5.85. The Morgan fingerprint density at radius 2 is 2.00 bits per heavy atom. The Kier molecular flexibility index (Phi) is 3.54. The molecule has 1 aliphatic rings. The van der Waals surface area contributed by atoms with Crippen LogP contribution in [0.15, 0.2) is 35.2 Å². The molecule has 1 aromatic carbocycles. The van der Waals surface area contributed by atoms with Gasteiger partial charge in [-0.3, -0.25) is 4.79 Å². The van der Waals surface area contributed by atoms with E-state index < -0.39 is 0 Å². The highest BCUT2D eigenvalue weighted by molar-refractivity contribution is 7.07. The number of nitrogens with zero attached hydrogens (tertiary/aromatic N) is 1. The van der Waals surface area contributed by atoms with Gasteiger partial charge in [-0.2, -0.15) is 0 Å². The second-order valence-corrected chi connectivity index (χ2v) is 4.74. The van der Waals surface area contributed by atoms with Crippen molar-refractivity contribution < 1.29 is 14.3 Å². The number of ether oxygens (including phenoxy) is 2. The minimum atomic E-state index is -0.289. The van der Waals surface area contributed by atoms with Crippen molar-refractivity contribution in [2.75, 3.05) is 18.5 Å². The number of hydrogen-bond acceptors (Lipinski definition) is 5. The van der Waals surface area contributed by atoms with Gasteiger partial charge < -0.3 is 14.8 Å². The fourth-order valence-corrected chi connectivity index (χ4v) is 2.33. The van der Waals surface area contributed by atoms with E-state index in [0.717, 1.165) is 11.3 Å². The van der Waals surface area contributed by atoms with Crippen LogP contribution in [-0.2, 0) is 9.47 Å². The number of carbonyl (C=O) groups is 1. The van der Waals surface area contributed by atoms with Crippen LogP contribution in [0, 0.1) is 0 Å². The number of aromatic nitrogens is 1. The van der Waals surface area contributed by atoms with E-state index in [2.05, 4.69) is 10.3 Å². The standard InChI is InChI=1S/C13H12N2O3S/c16-12(11-7-19-8-14-11)15-10-3-1-9(2-4-10)13-17-5-6-18-13/h1-4,7-8,13H,5-6H2,(H,15,16). The minimum Gasteiger partial charge on any atom is -0.346 e. The normalized spacial score (nSPS) is 15.6. The Balaban J connectivity index is 1.67. The molecule has 1 N–H and O–H groups in total. The largest absolute Gasteiger partial charge is 0.346 e. The summed E-state index contributed by atoms with van der Waals surface area (Å²) in [6.07, 6.45) is -0.289. The molecular formula is C13H12N2O3S. The first-order chi connectivity index (χ1) is 9.33. The van der Waals surface area contributed by atoms with E-state index >= 15 is 0 Å². The predicted octanol–water partition coefficient (Wildman–Crippen LogP) is 2.44. The molecule has 1 aromatic heterocycles. The molecule has 2 heterocycles. The lowest BCUT2D eigenvalue weighted by atomic mass is 10.2. The van der Waals surface area contributed by atoms with Crippen molar-refractivity contribution in [1.82, 2.24) is 4.98 Å². The maximum absolute atomic E-state index is 11.8. The van der Waals surface area contributed by atoms with E-state index in [0.29, 0.717) is 18.9 Å². The van der Waals surface area contributed by atoms with Crippen LogP contribution in [0.1, 0.15) is 22.3 Å². The Hall–Kier alpha value is -1.76. The zero-order chi connectivity index (χ0) is 13.1. The summed E-state index contributed by atoms with van der Waals surface area (Å²) in [5.41, 5.74) is 3.73. The summed E-state index contributed by atoms with van der Waals surface area (Å²) in [6.45, 7) is 1.24. The van der Waals surface area contributed by atoms with Crippen LogP contribution in [0.25, 0.3) is 0 Å². The predicted molar refractivity (Wildman–Crippen MR) is 71.2 cm³/mol. The fraction of sp³-hybridized carbons (Fsp3) is 0.231. The second-order valence-electron chi connectivity index (χ2n) is 4.02. The van der Waals surface area contributed by atoms with E-state index in [9.17, 15) is 4.79 Å². The smallest absolute Gasteiger partial charge is 0.275 e. The Bertz CT molecular complexity index is 548. The molecule has 0 atom stereocenters. The van der Waals surface area contributed by atoms with Crippen molar-refractivity contribution in [2.24, 2.45) is 0 Å². The lowest BCUT2D eigenvalue weighted by molar-refractivity contribution is -0.0441. The number of hydrogen-bond donors (Lipinski definition) is 1. The third kappa shape index (κ3) is 2.81. The van der Waals surface area contributed by atoms with Gasteiger partial charge in [-0.05, 0) is 12.1 Å². The third-order valence-electron chi connectivity index (χ3n) is 2.73. The van der Waals surface area contributed by atoms with Crippen molar-refractivity contribution in [3.05, 3.63) is 46.4 Å². The average molecular weight is 276 g/mol. The topological polar surface area (TPSA) is 60.5 Å². The highest BCUT2D eigenvalue weighted by Gasteiger charge is 2.18. The fourth-order valence-electron chi connectivity index (χ4n) is 1.79. The van der Waals surface area contributed by atoms with Gasteiger partial charge in [0, 0.05) is 16.6 Å². The summed E-state index contributed by atoms with van der Waals surface area (Å²) < 4.78 is 10.8. The molecule has 0 spiro atoms. The van der Waals surface area contributed by atoms with Crippen LogP contribution in [0.2, 0.25) is 0 Å². The van der Waals surface area contributed by atoms with Crippen LogP contribution < -0.4 is 5.32 Å². The van der Waals surface area contributed by atoms with Crippen LogP contribution in [0.4, 0.5) is 5.69 Å². The number of benzene rings is 1. The molecule has 0 saturated carbocycles. The van der Waals surface area contributed by atoms with Crippen LogP contribution in [-0.4, -0.2) is 24.1 Å². The lowest BCUT2D eigenvalue weighted by Crippen LogP contribution is -2.12. The highest BCUT2D eigenvalue weighted by Crippen LogP contribution is 2.24. The molecule has 1 amide bonds. The molecule has 0 unspecified atom stereocenters. The molecule has 6 heteroatoms. The molecule has 1 fully saturated rings. The maximum Gasteiger partial charge on any atom is 0.275 e. The minimum absolute atomic E-state index is 0.206. The van der Waals surface area contributed by atoms with Gasteiger partial charge in [0.2, 0.25) is 0 Å². The number of nitrogens with one attached hydrogen (secondary N) is 1. The number of anilines is 1. The van der Waals surface area contributed by atoms with Gasteiger partial charge in [0.05, 0.1) is 18.7 Å². The zero-order valence-electron chi connectivity index (χ0n) is 10.0. The SMILES string of the molecule is O=C(Nc1ccc(C2OCCO2)cc1)c1cscn1. The van der Waals surface area contributed by atoms with Crippen LogP contribution in [0.3, 0.4) is 0 Å². The monoisotopic (exact) mass is 276 g/mol. The van der Waals surface area contributed by atoms with Crippen molar-refractivity contribution in [2.45, 2.75) is 6.29 Å². The molecule has 1 aliphatic heterocycles. The molecule has 3 rings (SSSR count). The van der Waals surface area contributed by atoms with E-state index in [-0.39, 0.29) is 12.2 Å². The van der Waals surface area contributed by atoms with E-state index in [1.807, 2.05) is 24.3 Å². The highest BCUT2D eigenvalue weighted by atomic mass is 32.1. The summed E-state index contributed by atoms with van der Waals surface area (Å²) in [7, 11) is 0.